The van der Waals surface area contributed by atoms with Crippen molar-refractivity contribution in [2.45, 2.75) is 0 Å². The van der Waals surface area contributed by atoms with E-state index in [0.717, 1.165) is 22.5 Å². The maximum atomic E-state index is 9.22. The maximum absolute atomic E-state index is 9.22. The molecule has 0 fully saturated rings. The summed E-state index contributed by atoms with van der Waals surface area (Å²) in [4.78, 5) is 9.07. The Morgan fingerprint density at radius 2 is 1.86 bits per heavy atom. The summed E-state index contributed by atoms with van der Waals surface area (Å²) in [5, 5.41) is 9.22. The van der Waals surface area contributed by atoms with Crippen molar-refractivity contribution >= 4 is 12.1 Å². The average Bonchev–Trinajstić information content (AvgIpc) is 3.01. The molecule has 0 spiro atoms. The van der Waals surface area contributed by atoms with Crippen LogP contribution in [0.4, 0.5) is 0 Å². The first-order valence-corrected chi connectivity index (χ1v) is 9.07. The smallest absolute Gasteiger partial charge is 0.265 e. The highest BCUT2D eigenvalue weighted by Gasteiger charge is 2.44. The molecule has 3 aliphatic rings. The lowest BCUT2D eigenvalue weighted by atomic mass is 10.0. The number of quaternary nitrogens is 1. The summed E-state index contributed by atoms with van der Waals surface area (Å²) in [6, 6.07) is 16.8. The SMILES string of the molecule is N#Cc1ccccc1Oc1ccc(C2=NC(C3=CC=C3)=C3C=NC=C[N+]23N)cc1. The standard InChI is InChI=1S/C23H16N5O/c24-14-18-4-1-2-7-21(18)29-19-10-8-17(9-11-19)23-27-22(16-5-3-6-16)20-15-26-12-13-28(20,23)25/h1-13,15H,25H2/q+1. The predicted octanol–water partition coefficient (Wildman–Crippen LogP) is 4.06. The van der Waals surface area contributed by atoms with Gasteiger partial charge in [-0.2, -0.15) is 16.1 Å². The number of nitrogens with two attached hydrogens (primary N) is 1. The molecule has 1 atom stereocenters. The summed E-state index contributed by atoms with van der Waals surface area (Å²) in [5.41, 5.74) is 4.08. The number of benzene rings is 2. The Bertz CT molecular complexity index is 1240. The van der Waals surface area contributed by atoms with Gasteiger partial charge in [0.2, 0.25) is 5.70 Å². The second kappa shape index (κ2) is 6.53. The van der Waals surface area contributed by atoms with Crippen molar-refractivity contribution in [1.29, 1.82) is 5.26 Å². The predicted molar refractivity (Wildman–Crippen MR) is 111 cm³/mol. The van der Waals surface area contributed by atoms with Gasteiger partial charge in [0.1, 0.15) is 29.5 Å². The zero-order valence-electron chi connectivity index (χ0n) is 15.4. The second-order valence-electron chi connectivity index (χ2n) is 6.74. The molecule has 0 saturated carbocycles. The van der Waals surface area contributed by atoms with Crippen molar-refractivity contribution in [2.24, 2.45) is 15.8 Å². The number of aliphatic imine (C=N–C) groups is 2. The molecular weight excluding hydrogens is 362 g/mol. The third-order valence-corrected chi connectivity index (χ3v) is 4.97. The second-order valence-corrected chi connectivity index (χ2v) is 6.74. The lowest BCUT2D eigenvalue weighted by molar-refractivity contribution is -0.750. The van der Waals surface area contributed by atoms with Crippen molar-refractivity contribution in [2.75, 3.05) is 0 Å². The Morgan fingerprint density at radius 3 is 2.59 bits per heavy atom. The van der Waals surface area contributed by atoms with Gasteiger partial charge < -0.3 is 4.74 Å². The van der Waals surface area contributed by atoms with E-state index in [1.165, 1.54) is 0 Å². The fourth-order valence-corrected chi connectivity index (χ4v) is 3.39. The van der Waals surface area contributed by atoms with Gasteiger partial charge in [0, 0.05) is 5.57 Å². The fraction of sp³-hybridized carbons (Fsp3) is 0. The number of amidine groups is 1. The number of nitrogens with zero attached hydrogens (tertiary/aromatic N) is 4. The molecule has 29 heavy (non-hydrogen) atoms. The normalized spacial score (nSPS) is 21.2. The molecule has 2 aromatic carbocycles. The van der Waals surface area contributed by atoms with E-state index in [0.29, 0.717) is 22.9 Å². The topological polar surface area (TPSA) is 83.8 Å². The van der Waals surface area contributed by atoms with Crippen LogP contribution < -0.4 is 10.6 Å². The lowest BCUT2D eigenvalue weighted by Crippen LogP contribution is -2.53. The molecule has 0 amide bonds. The lowest BCUT2D eigenvalue weighted by Gasteiger charge is -2.26. The quantitative estimate of drug-likeness (QED) is 0.643. The first-order chi connectivity index (χ1) is 14.2. The van der Waals surface area contributed by atoms with E-state index in [-0.39, 0.29) is 4.59 Å². The Kier molecular flexibility index (Phi) is 3.85. The van der Waals surface area contributed by atoms with E-state index in [1.54, 1.807) is 30.6 Å². The number of nitriles is 1. The minimum atomic E-state index is -0.0263. The molecule has 6 nitrogen and oxygen atoms in total. The van der Waals surface area contributed by atoms with Crippen LogP contribution >= 0.6 is 0 Å². The van der Waals surface area contributed by atoms with Crippen LogP contribution in [0.5, 0.6) is 11.5 Å². The van der Waals surface area contributed by atoms with E-state index >= 15 is 0 Å². The highest BCUT2D eigenvalue weighted by molar-refractivity contribution is 6.01. The highest BCUT2D eigenvalue weighted by atomic mass is 16.5. The molecule has 2 heterocycles. The molecule has 2 aromatic rings. The number of para-hydroxylation sites is 1. The summed E-state index contributed by atoms with van der Waals surface area (Å²) >= 11 is 0. The molecule has 6 heteroatoms. The molecule has 0 radical (unpaired) electrons. The molecule has 1 unspecified atom stereocenters. The van der Waals surface area contributed by atoms with Crippen molar-refractivity contribution in [3.8, 4) is 17.6 Å². The summed E-state index contributed by atoms with van der Waals surface area (Å²) in [7, 11) is 0. The van der Waals surface area contributed by atoms with Crippen molar-refractivity contribution in [1.82, 2.24) is 0 Å². The van der Waals surface area contributed by atoms with Crippen molar-refractivity contribution < 1.29 is 9.33 Å². The Morgan fingerprint density at radius 1 is 1.07 bits per heavy atom. The molecule has 0 saturated heterocycles. The number of hydrogen-bond acceptors (Lipinski definition) is 5. The Labute approximate surface area is 167 Å². The van der Waals surface area contributed by atoms with Crippen LogP contribution in [0.3, 0.4) is 0 Å². The molecule has 2 aliphatic heterocycles. The van der Waals surface area contributed by atoms with Crippen LogP contribution in [0.1, 0.15) is 11.1 Å². The summed E-state index contributed by atoms with van der Waals surface area (Å²) < 4.78 is 5.85. The van der Waals surface area contributed by atoms with E-state index in [2.05, 4.69) is 11.1 Å². The number of ether oxygens (including phenoxy) is 1. The largest absolute Gasteiger partial charge is 0.456 e. The highest BCUT2D eigenvalue weighted by Crippen LogP contribution is 2.36. The first-order valence-electron chi connectivity index (χ1n) is 9.07. The van der Waals surface area contributed by atoms with Gasteiger partial charge in [-0.3, -0.25) is 4.99 Å². The van der Waals surface area contributed by atoms with Gasteiger partial charge in [-0.05, 0) is 36.4 Å². The molecule has 5 rings (SSSR count). The molecular formula is C23H16N5O+. The minimum absolute atomic E-state index is 0.0263. The van der Waals surface area contributed by atoms with Crippen LogP contribution in [-0.2, 0) is 0 Å². The van der Waals surface area contributed by atoms with Crippen molar-refractivity contribution in [3.63, 3.8) is 0 Å². The van der Waals surface area contributed by atoms with Gasteiger partial charge >= 0.3 is 0 Å². The van der Waals surface area contributed by atoms with Crippen LogP contribution in [0, 0.1) is 11.3 Å². The van der Waals surface area contributed by atoms with Gasteiger partial charge in [-0.25, -0.2) is 0 Å². The van der Waals surface area contributed by atoms with Crippen LogP contribution in [0.25, 0.3) is 0 Å². The van der Waals surface area contributed by atoms with Crippen LogP contribution in [-0.4, -0.2) is 16.6 Å². The molecule has 2 N–H and O–H groups in total. The third kappa shape index (κ3) is 2.74. The first kappa shape index (κ1) is 17.1. The van der Waals surface area contributed by atoms with E-state index in [1.807, 2.05) is 54.8 Å². The van der Waals surface area contributed by atoms with Gasteiger partial charge in [0.05, 0.1) is 23.5 Å². The zero-order valence-corrected chi connectivity index (χ0v) is 15.4. The number of fused-ring (bicyclic) bond motifs is 1. The van der Waals surface area contributed by atoms with E-state index in [9.17, 15) is 5.26 Å². The van der Waals surface area contributed by atoms with Gasteiger partial charge in [-0.1, -0.05) is 30.4 Å². The summed E-state index contributed by atoms with van der Waals surface area (Å²) in [6.07, 6.45) is 11.3. The number of rotatable bonds is 4. The molecule has 0 bridgehead atoms. The van der Waals surface area contributed by atoms with Crippen LogP contribution in [0.2, 0.25) is 0 Å². The molecule has 0 aromatic heterocycles. The maximum Gasteiger partial charge on any atom is 0.265 e. The van der Waals surface area contributed by atoms with Crippen LogP contribution in [0.15, 0.2) is 106 Å². The van der Waals surface area contributed by atoms with E-state index < -0.39 is 0 Å². The van der Waals surface area contributed by atoms with Gasteiger partial charge in [0.25, 0.3) is 5.84 Å². The average molecular weight is 378 g/mol. The Hall–Kier alpha value is -4.05. The number of allylic oxidation sites excluding steroid dienone is 4. The third-order valence-electron chi connectivity index (χ3n) is 4.97. The number of hydrogen-bond donors (Lipinski definition) is 1. The Balaban J connectivity index is 1.47. The summed E-state index contributed by atoms with van der Waals surface area (Å²) in [5.74, 6) is 8.56. The van der Waals surface area contributed by atoms with Gasteiger partial charge in [0.15, 0.2) is 0 Å². The monoisotopic (exact) mass is 378 g/mol. The van der Waals surface area contributed by atoms with E-state index in [4.69, 9.17) is 15.6 Å². The molecule has 1 aliphatic carbocycles. The fourth-order valence-electron chi connectivity index (χ4n) is 3.39. The minimum Gasteiger partial charge on any atom is -0.456 e. The summed E-state index contributed by atoms with van der Waals surface area (Å²) in [6.45, 7) is 0. The van der Waals surface area contributed by atoms with Crippen molar-refractivity contribution in [3.05, 3.63) is 107 Å². The molecule has 138 valence electrons. The van der Waals surface area contributed by atoms with Gasteiger partial charge in [-0.15, -0.1) is 4.59 Å². The zero-order chi connectivity index (χ0) is 19.8.